The first-order valence-electron chi connectivity index (χ1n) is 8.03. The van der Waals surface area contributed by atoms with E-state index in [1.54, 1.807) is 4.57 Å². The van der Waals surface area contributed by atoms with Gasteiger partial charge >= 0.3 is 0 Å². The van der Waals surface area contributed by atoms with Crippen LogP contribution < -0.4 is 11.0 Å². The highest BCUT2D eigenvalue weighted by molar-refractivity contribution is 5.91. The van der Waals surface area contributed by atoms with Crippen LogP contribution in [-0.4, -0.2) is 14.8 Å². The van der Waals surface area contributed by atoms with Crippen molar-refractivity contribution in [3.8, 4) is 11.3 Å². The molecule has 0 bridgehead atoms. The predicted octanol–water partition coefficient (Wildman–Crippen LogP) is 3.15. The van der Waals surface area contributed by atoms with Gasteiger partial charge in [0, 0.05) is 17.5 Å². The Bertz CT molecular complexity index is 979. The summed E-state index contributed by atoms with van der Waals surface area (Å²) in [7, 11) is 0. The van der Waals surface area contributed by atoms with Gasteiger partial charge in [-0.05, 0) is 12.5 Å². The molecule has 3 rings (SSSR count). The molecule has 5 heteroatoms. The second-order valence-electron chi connectivity index (χ2n) is 5.58. The lowest BCUT2D eigenvalue weighted by molar-refractivity contribution is 0.297. The van der Waals surface area contributed by atoms with Crippen LogP contribution in [-0.2, 0) is 6.54 Å². The highest BCUT2D eigenvalue weighted by Crippen LogP contribution is 2.24. The maximum absolute atomic E-state index is 12.8. The number of para-hydroxylation sites is 1. The van der Waals surface area contributed by atoms with Gasteiger partial charge in [-0.1, -0.05) is 67.0 Å². The number of hydrogen-bond donors (Lipinski definition) is 1. The fourth-order valence-electron chi connectivity index (χ4n) is 2.77. The normalized spacial score (nSPS) is 11.8. The molecule has 24 heavy (non-hydrogen) atoms. The lowest BCUT2D eigenvalue weighted by Crippen LogP contribution is -2.34. The van der Waals surface area contributed by atoms with Crippen molar-refractivity contribution in [1.29, 1.82) is 0 Å². The molecule has 1 aromatic heterocycles. The number of aromatic nitrogens is 2. The van der Waals surface area contributed by atoms with E-state index in [-0.39, 0.29) is 11.0 Å². The Kier molecular flexibility index (Phi) is 4.70. The van der Waals surface area contributed by atoms with E-state index in [0.29, 0.717) is 12.2 Å². The van der Waals surface area contributed by atoms with Crippen molar-refractivity contribution in [3.05, 3.63) is 70.4 Å². The minimum Gasteiger partial charge on any atom is -0.409 e. The van der Waals surface area contributed by atoms with E-state index in [2.05, 4.69) is 17.1 Å². The molecule has 0 saturated heterocycles. The van der Waals surface area contributed by atoms with Crippen LogP contribution in [0.5, 0.6) is 0 Å². The van der Waals surface area contributed by atoms with Crippen LogP contribution in [0.1, 0.15) is 19.8 Å². The zero-order valence-corrected chi connectivity index (χ0v) is 13.5. The molecule has 0 fully saturated rings. The van der Waals surface area contributed by atoms with Gasteiger partial charge in [-0.15, -0.1) is 0 Å². The topological polar surface area (TPSA) is 67.5 Å². The summed E-state index contributed by atoms with van der Waals surface area (Å²) in [4.78, 5) is 17.1. The molecule has 1 N–H and O–H groups in total. The summed E-state index contributed by atoms with van der Waals surface area (Å²) in [6, 6.07) is 17.3. The van der Waals surface area contributed by atoms with Crippen LogP contribution in [0, 0.1) is 0 Å². The molecule has 0 aliphatic rings. The first-order chi connectivity index (χ1) is 11.8. The van der Waals surface area contributed by atoms with Gasteiger partial charge < -0.3 is 9.77 Å². The van der Waals surface area contributed by atoms with Gasteiger partial charge in [0.2, 0.25) is 0 Å². The molecule has 0 unspecified atom stereocenters. The van der Waals surface area contributed by atoms with Crippen LogP contribution in [0.25, 0.3) is 22.2 Å². The average Bonchev–Trinajstić information content (AvgIpc) is 2.75. The molecule has 5 nitrogen and oxygen atoms in total. The maximum Gasteiger partial charge on any atom is 0.299 e. The van der Waals surface area contributed by atoms with E-state index in [1.165, 1.54) is 0 Å². The van der Waals surface area contributed by atoms with Gasteiger partial charge in [-0.3, -0.25) is 4.79 Å². The molecule has 0 amide bonds. The second kappa shape index (κ2) is 7.08. The van der Waals surface area contributed by atoms with Crippen LogP contribution >= 0.6 is 0 Å². The van der Waals surface area contributed by atoms with Crippen molar-refractivity contribution in [2.45, 2.75) is 26.3 Å². The third-order valence-electron chi connectivity index (χ3n) is 3.98. The quantitative estimate of drug-likeness (QED) is 0.593. The molecular formula is C19H19N3O2. The summed E-state index contributed by atoms with van der Waals surface area (Å²) in [5.41, 5.74) is 1.71. The number of hydrogen-bond acceptors (Lipinski definition) is 4. The molecule has 0 atom stereocenters. The fraction of sp³-hybridized carbons (Fsp3) is 0.211. The zero-order valence-electron chi connectivity index (χ0n) is 13.5. The molecule has 0 spiro atoms. The molecule has 0 aliphatic heterocycles. The van der Waals surface area contributed by atoms with E-state index in [9.17, 15) is 10.0 Å². The first-order valence-corrected chi connectivity index (χ1v) is 8.03. The summed E-state index contributed by atoms with van der Waals surface area (Å²) in [5, 5.41) is 13.3. The van der Waals surface area contributed by atoms with Crippen LogP contribution in [0.15, 0.2) is 64.5 Å². The SMILES string of the molecule is CCCCn1c(=O)c(=NO)nc(-c2ccccc2)c2ccccc21. The average molecular weight is 321 g/mol. The molecule has 3 aromatic rings. The molecule has 0 radical (unpaired) electrons. The fourth-order valence-corrected chi connectivity index (χ4v) is 2.77. The van der Waals surface area contributed by atoms with Gasteiger partial charge in [-0.25, -0.2) is 4.98 Å². The van der Waals surface area contributed by atoms with Gasteiger partial charge in [0.05, 0.1) is 11.2 Å². The van der Waals surface area contributed by atoms with E-state index in [1.807, 2.05) is 54.6 Å². The molecule has 1 heterocycles. The first kappa shape index (κ1) is 15.9. The summed E-state index contributed by atoms with van der Waals surface area (Å²) in [5.74, 6) is 0. The zero-order chi connectivity index (χ0) is 16.9. The molecule has 2 aromatic carbocycles. The minimum atomic E-state index is -0.385. The number of nitrogens with zero attached hydrogens (tertiary/aromatic N) is 3. The third kappa shape index (κ3) is 2.93. The highest BCUT2D eigenvalue weighted by Gasteiger charge is 2.11. The number of aryl methyl sites for hydroxylation is 1. The van der Waals surface area contributed by atoms with Crippen molar-refractivity contribution >= 4 is 10.9 Å². The minimum absolute atomic E-state index is 0.193. The molecule has 122 valence electrons. The van der Waals surface area contributed by atoms with E-state index in [4.69, 9.17) is 0 Å². The Morgan fingerprint density at radius 1 is 1.08 bits per heavy atom. The van der Waals surface area contributed by atoms with Crippen molar-refractivity contribution in [2.75, 3.05) is 0 Å². The monoisotopic (exact) mass is 321 g/mol. The van der Waals surface area contributed by atoms with Crippen LogP contribution in [0.2, 0.25) is 0 Å². The Morgan fingerprint density at radius 2 is 1.79 bits per heavy atom. The van der Waals surface area contributed by atoms with Gasteiger partial charge in [0.25, 0.3) is 11.0 Å². The van der Waals surface area contributed by atoms with Gasteiger partial charge in [-0.2, -0.15) is 0 Å². The van der Waals surface area contributed by atoms with E-state index >= 15 is 0 Å². The molecular weight excluding hydrogens is 302 g/mol. The van der Waals surface area contributed by atoms with Crippen LogP contribution in [0.3, 0.4) is 0 Å². The number of rotatable bonds is 4. The van der Waals surface area contributed by atoms with Crippen LogP contribution in [0.4, 0.5) is 0 Å². The summed E-state index contributed by atoms with van der Waals surface area (Å²) in [6.07, 6.45) is 1.82. The van der Waals surface area contributed by atoms with Crippen molar-refractivity contribution in [3.63, 3.8) is 0 Å². The summed E-state index contributed by atoms with van der Waals surface area (Å²) < 4.78 is 1.65. The van der Waals surface area contributed by atoms with E-state index < -0.39 is 0 Å². The Balaban J connectivity index is 2.48. The van der Waals surface area contributed by atoms with Crippen molar-refractivity contribution in [2.24, 2.45) is 5.16 Å². The number of fused-ring (bicyclic) bond motifs is 1. The van der Waals surface area contributed by atoms with Crippen molar-refractivity contribution < 1.29 is 5.21 Å². The Morgan fingerprint density at radius 3 is 2.50 bits per heavy atom. The molecule has 0 aliphatic carbocycles. The van der Waals surface area contributed by atoms with E-state index in [0.717, 1.165) is 29.3 Å². The summed E-state index contributed by atoms with van der Waals surface area (Å²) >= 11 is 0. The van der Waals surface area contributed by atoms with Crippen molar-refractivity contribution in [1.82, 2.24) is 9.55 Å². The predicted molar refractivity (Wildman–Crippen MR) is 93.7 cm³/mol. The maximum atomic E-state index is 12.8. The third-order valence-corrected chi connectivity index (χ3v) is 3.98. The number of benzene rings is 2. The summed E-state index contributed by atoms with van der Waals surface area (Å²) in [6.45, 7) is 2.63. The molecule has 0 saturated carbocycles. The second-order valence-corrected chi connectivity index (χ2v) is 5.58. The Labute approximate surface area is 139 Å². The Hall–Kier alpha value is -2.95. The van der Waals surface area contributed by atoms with Gasteiger partial charge in [0.1, 0.15) is 0 Å². The number of unbranched alkanes of at least 4 members (excludes halogenated alkanes) is 1. The lowest BCUT2D eigenvalue weighted by Gasteiger charge is -2.07. The smallest absolute Gasteiger partial charge is 0.299 e. The van der Waals surface area contributed by atoms with Gasteiger partial charge in [0.15, 0.2) is 0 Å². The largest absolute Gasteiger partial charge is 0.409 e. The standard InChI is InChI=1S/C19H19N3O2/c1-2-3-13-22-16-12-8-7-11-15(16)17(14-9-5-4-6-10-14)20-18(21-24)19(22)23/h4-12,24H,2-3,13H2,1H3. The lowest BCUT2D eigenvalue weighted by atomic mass is 10.1. The highest BCUT2D eigenvalue weighted by atomic mass is 16.4.